The number of urea groups is 2. The molecule has 36 heteroatoms. The van der Waals surface area contributed by atoms with E-state index in [1.165, 1.54) is 47.1 Å². The van der Waals surface area contributed by atoms with Crippen LogP contribution in [-0.4, -0.2) is 191 Å². The van der Waals surface area contributed by atoms with Crippen molar-refractivity contribution in [1.29, 1.82) is 0 Å². The second-order valence-corrected chi connectivity index (χ2v) is 35.7. The molecule has 2 aromatic carbocycles. The number of hydrogen-bond donors (Lipinski definition) is 4. The van der Waals surface area contributed by atoms with E-state index in [-0.39, 0.29) is 83.5 Å². The Balaban J connectivity index is 0.000000205. The number of likely N-dealkylation sites (tertiary alicyclic amines) is 1. The lowest BCUT2D eigenvalue weighted by Gasteiger charge is -2.30. The number of aryl methyl sites for hydroxylation is 2. The molecule has 4 aromatic heterocycles. The highest BCUT2D eigenvalue weighted by molar-refractivity contribution is 7.92. The third-order valence-electron chi connectivity index (χ3n) is 21.8. The molecule has 4 N–H and O–H groups in total. The summed E-state index contributed by atoms with van der Waals surface area (Å²) < 4.78 is 159. The van der Waals surface area contributed by atoms with E-state index < -0.39 is 124 Å². The first-order valence-corrected chi connectivity index (χ1v) is 40.6. The number of amides is 8. The molecule has 6 aromatic rings. The molecule has 0 radical (unpaired) electrons. The number of halogens is 6. The first-order chi connectivity index (χ1) is 51.8. The number of thiazole rings is 2. The van der Waals surface area contributed by atoms with Crippen molar-refractivity contribution in [2.24, 2.45) is 11.8 Å². The van der Waals surface area contributed by atoms with Crippen molar-refractivity contribution in [2.75, 3.05) is 54.5 Å². The summed E-state index contributed by atoms with van der Waals surface area (Å²) in [5, 5.41) is 8.44. The molecule has 8 atom stereocenters. The lowest BCUT2D eigenvalue weighted by atomic mass is 10.1. The highest BCUT2D eigenvalue weighted by Crippen LogP contribution is 2.50. The van der Waals surface area contributed by atoms with Gasteiger partial charge in [0.25, 0.3) is 11.8 Å². The van der Waals surface area contributed by atoms with Crippen LogP contribution in [0.5, 0.6) is 23.0 Å². The van der Waals surface area contributed by atoms with E-state index in [4.69, 9.17) is 18.9 Å². The number of ether oxygens (including phenoxy) is 4. The molecule has 6 fully saturated rings. The zero-order chi connectivity index (χ0) is 79.6. The Morgan fingerprint density at radius 1 is 0.736 bits per heavy atom. The van der Waals surface area contributed by atoms with E-state index >= 15 is 0 Å². The first-order valence-electron chi connectivity index (χ1n) is 35.9. The van der Waals surface area contributed by atoms with E-state index in [0.29, 0.717) is 102 Å². The number of pyridine rings is 2. The molecule has 4 saturated carbocycles. The maximum absolute atomic E-state index is 14.2. The largest absolute Gasteiger partial charge is 0.496 e. The molecule has 3 aliphatic heterocycles. The van der Waals surface area contributed by atoms with Gasteiger partial charge < -0.3 is 49.2 Å². The van der Waals surface area contributed by atoms with E-state index in [2.05, 4.69) is 53.2 Å². The van der Waals surface area contributed by atoms with Crippen LogP contribution in [0, 0.1) is 25.7 Å². The van der Waals surface area contributed by atoms with Crippen LogP contribution < -0.4 is 39.0 Å². The molecule has 0 bridgehead atoms. The topological polar surface area (TPSA) is 320 Å². The van der Waals surface area contributed by atoms with Crippen molar-refractivity contribution in [3.05, 3.63) is 107 Å². The number of carbonyl (C=O) groups is 6. The molecule has 0 unspecified atom stereocenters. The van der Waals surface area contributed by atoms with Gasteiger partial charge in [-0.3, -0.25) is 28.6 Å². The summed E-state index contributed by atoms with van der Waals surface area (Å²) >= 11 is 1.56. The molecule has 110 heavy (non-hydrogen) atoms. The Morgan fingerprint density at radius 2 is 1.27 bits per heavy atom. The van der Waals surface area contributed by atoms with Crippen molar-refractivity contribution >= 4 is 100 Å². The van der Waals surface area contributed by atoms with Gasteiger partial charge in [0.1, 0.15) is 79.8 Å². The van der Waals surface area contributed by atoms with E-state index in [0.717, 1.165) is 52.7 Å². The van der Waals surface area contributed by atoms with Gasteiger partial charge in [-0.05, 0) is 129 Å². The Labute approximate surface area is 639 Å². The Bertz CT molecular complexity index is 4930. The van der Waals surface area contributed by atoms with Gasteiger partial charge in [-0.2, -0.15) is 26.3 Å². The summed E-state index contributed by atoms with van der Waals surface area (Å²) in [5.74, 6) is -1.94. The minimum absolute atomic E-state index is 0.00679. The van der Waals surface area contributed by atoms with Gasteiger partial charge in [0.15, 0.2) is 11.4 Å². The van der Waals surface area contributed by atoms with Gasteiger partial charge in [-0.15, -0.1) is 35.8 Å². The molecule has 8 amide bonds. The molecule has 13 rings (SSSR count). The summed E-state index contributed by atoms with van der Waals surface area (Å²) in [5.41, 5.74) is -2.97. The third kappa shape index (κ3) is 16.2. The highest BCUT2D eigenvalue weighted by Gasteiger charge is 2.65. The fraction of sp³-hybridized carbons (Fsp3) is 0.514. The minimum atomic E-state index is -4.66. The standard InChI is InChI=1S/C38H45F3N6O7S2.C36H41F3N6O7S2/c1-7-9-10-11-16-46(5)33(48)27-17-24(20-47(27)35(50)44-37(19-23(37)8-2)34(49)45-56(51,52)36(4)14-15-36)54-29-18-26(32-43-30(21-55-32)38(39,40)41)42-31-22(3)28(53-6)13-12-25(29)31;1-20-26(51-4)11-10-23-27(16-24(40-29(20)23)30-41-28(19-53-30)36(37,38)39)52-22-15-25-31(46)44(3)14-8-6-5-7-9-21-17-35(21,42-33(48)45(25)18-22)32(47)43-54(49,50)34(2)12-13-34/h7-8,12-13,18,21,23-24,27H,1-2,9-11,14-17,19-20H2,3-6H3,(H,44,50)(H,45,49);7,9-11,16,19,21-22,25H,5-6,8,12-15,17-18H2,1-4H3,(H,42,48)(H,43,47)/b;9-7-/t23-,24+,27+,37-;21-,22+,25+,35-/m11/s1. The molecular weight excluding hydrogens is 1520 g/mol. The summed E-state index contributed by atoms with van der Waals surface area (Å²) in [6, 6.07) is 6.29. The number of unbranched alkanes of at least 4 members (excludes halogenated alkanes) is 2. The maximum Gasteiger partial charge on any atom is 0.434 e. The van der Waals surface area contributed by atoms with Gasteiger partial charge in [0, 0.05) is 96.7 Å². The monoisotopic (exact) mass is 1610 g/mol. The summed E-state index contributed by atoms with van der Waals surface area (Å²) in [6.07, 6.45) is 2.57. The van der Waals surface area contributed by atoms with Crippen LogP contribution in [-0.2, 0) is 51.6 Å². The van der Waals surface area contributed by atoms with Gasteiger partial charge in [0.05, 0.1) is 47.8 Å². The van der Waals surface area contributed by atoms with Crippen LogP contribution in [0.25, 0.3) is 43.2 Å². The zero-order valence-electron chi connectivity index (χ0n) is 61.7. The number of likely N-dealkylation sites (N-methyl/N-ethyl adjacent to an activating group) is 2. The van der Waals surface area contributed by atoms with Gasteiger partial charge >= 0.3 is 24.4 Å². The number of aromatic nitrogens is 4. The first kappa shape index (κ1) is 80.4. The Kier molecular flexibility index (Phi) is 22.3. The van der Waals surface area contributed by atoms with Crippen molar-refractivity contribution < 1.29 is 90.9 Å². The number of allylic oxidation sites excluding steroid dienone is 2. The second-order valence-electron chi connectivity index (χ2n) is 29.6. The molecular formula is C74H86F6N12O14S4. The Morgan fingerprint density at radius 3 is 1.76 bits per heavy atom. The van der Waals surface area contributed by atoms with Crippen LogP contribution >= 0.6 is 22.7 Å². The average molecular weight is 1610 g/mol. The van der Waals surface area contributed by atoms with Crippen LogP contribution in [0.3, 0.4) is 0 Å². The fourth-order valence-electron chi connectivity index (χ4n) is 14.0. The smallest absolute Gasteiger partial charge is 0.434 e. The zero-order valence-corrected chi connectivity index (χ0v) is 65.0. The van der Waals surface area contributed by atoms with E-state index in [1.54, 1.807) is 77.0 Å². The minimum Gasteiger partial charge on any atom is -0.496 e. The van der Waals surface area contributed by atoms with E-state index in [1.807, 2.05) is 12.2 Å². The maximum atomic E-state index is 14.2. The number of fused-ring (bicyclic) bond motifs is 4. The summed E-state index contributed by atoms with van der Waals surface area (Å²) in [4.78, 5) is 106. The van der Waals surface area contributed by atoms with Crippen LogP contribution in [0.4, 0.5) is 35.9 Å². The van der Waals surface area contributed by atoms with E-state index in [9.17, 15) is 71.9 Å². The summed E-state index contributed by atoms with van der Waals surface area (Å²) in [7, 11) is -1.76. The SMILES string of the molecule is C=CCCCCN(C)C(=O)[C@@H]1C[C@H](Oc2cc(-c3nc(C(F)(F)F)cs3)nc3c(C)c(OC)ccc23)CN1C(=O)N[C@]1(C(=O)NS(=O)(=O)C2(C)CC2)C[C@H]1C=C.COc1ccc2c(O[C@H]3C[C@H]4C(=O)N(C)CCCC/C=C\[C@@H]5C[C@@]5(C(=O)NS(=O)(=O)C5(C)CC5)NC(=O)N4C3)cc(-c3nc(C(F)(F)F)cs3)nc2c1C. The number of methoxy groups -OCH3 is 2. The Hall–Kier alpha value is -9.16. The molecule has 0 spiro atoms. The molecule has 2 saturated heterocycles. The average Bonchev–Trinajstić information content (AvgIpc) is 1.56. The van der Waals surface area contributed by atoms with Gasteiger partial charge in [-0.25, -0.2) is 46.4 Å². The predicted octanol–water partition coefficient (Wildman–Crippen LogP) is 11.2. The second kappa shape index (κ2) is 30.5. The van der Waals surface area contributed by atoms with Crippen LogP contribution in [0.2, 0.25) is 0 Å². The lowest BCUT2D eigenvalue weighted by molar-refractivity contribution is -0.141. The molecule has 4 aliphatic carbocycles. The van der Waals surface area contributed by atoms with Gasteiger partial charge in [0.2, 0.25) is 31.9 Å². The van der Waals surface area contributed by atoms with Crippen molar-refractivity contribution in [3.63, 3.8) is 0 Å². The number of rotatable bonds is 22. The molecule has 7 heterocycles. The number of sulfonamides is 2. The van der Waals surface area contributed by atoms with Crippen molar-refractivity contribution in [1.82, 2.24) is 59.6 Å². The van der Waals surface area contributed by atoms with Gasteiger partial charge in [-0.1, -0.05) is 24.3 Å². The number of benzene rings is 2. The molecule has 592 valence electrons. The highest BCUT2D eigenvalue weighted by atomic mass is 32.2. The summed E-state index contributed by atoms with van der Waals surface area (Å²) in [6.45, 7) is 14.8. The number of nitrogens with zero attached hydrogens (tertiary/aromatic N) is 8. The molecule has 7 aliphatic rings. The fourth-order valence-corrected chi connectivity index (χ4v) is 18.2. The third-order valence-corrected chi connectivity index (χ3v) is 27.8. The van der Waals surface area contributed by atoms with Crippen molar-refractivity contribution in [3.8, 4) is 44.4 Å². The number of nitrogens with one attached hydrogen (secondary N) is 4. The normalized spacial score (nSPS) is 24.4. The van der Waals surface area contributed by atoms with Crippen LogP contribution in [0.1, 0.15) is 126 Å². The number of alkyl halides is 6. The number of carbonyl (C=O) groups excluding carboxylic acids is 6. The quantitative estimate of drug-likeness (QED) is 0.0279. The molecule has 26 nitrogen and oxygen atoms in total. The van der Waals surface area contributed by atoms with Crippen molar-refractivity contribution in [2.45, 2.75) is 175 Å². The van der Waals surface area contributed by atoms with Crippen LogP contribution in [0.15, 0.2) is 84.6 Å². The lowest BCUT2D eigenvalue weighted by Crippen LogP contribution is -2.58. The predicted molar refractivity (Wildman–Crippen MR) is 398 cm³/mol. The number of hydrogen-bond acceptors (Lipinski definition) is 20.